The number of hydrogen-bond donors (Lipinski definition) is 0. The summed E-state index contributed by atoms with van der Waals surface area (Å²) in [5.41, 5.74) is 10.9. The van der Waals surface area contributed by atoms with E-state index in [0.717, 1.165) is 24.8 Å². The van der Waals surface area contributed by atoms with E-state index >= 15 is 0 Å². The van der Waals surface area contributed by atoms with Crippen LogP contribution < -0.4 is 0 Å². The van der Waals surface area contributed by atoms with Gasteiger partial charge in [0.05, 0.1) is 0 Å². The zero-order valence-corrected chi connectivity index (χ0v) is 27.6. The predicted molar refractivity (Wildman–Crippen MR) is 180 cm³/mol. The molecular formula is C40H58. The molecule has 0 bridgehead atoms. The van der Waals surface area contributed by atoms with Gasteiger partial charge in [0.15, 0.2) is 0 Å². The molecule has 0 heterocycles. The van der Waals surface area contributed by atoms with Gasteiger partial charge in [-0.2, -0.15) is 0 Å². The van der Waals surface area contributed by atoms with Gasteiger partial charge in [-0.1, -0.05) is 129 Å². The molecule has 2 rings (SSSR count). The van der Waals surface area contributed by atoms with Crippen molar-refractivity contribution in [3.63, 3.8) is 0 Å². The number of allylic oxidation sites excluding steroid dienone is 16. The molecule has 0 N–H and O–H groups in total. The number of rotatable bonds is 10. The van der Waals surface area contributed by atoms with E-state index < -0.39 is 0 Å². The minimum atomic E-state index is 0.303. The van der Waals surface area contributed by atoms with E-state index in [1.807, 2.05) is 0 Å². The predicted octanol–water partition coefficient (Wildman–Crippen LogP) is 12.4. The van der Waals surface area contributed by atoms with Crippen molar-refractivity contribution in [2.45, 2.75) is 127 Å². The molecule has 0 aliphatic heterocycles. The van der Waals surface area contributed by atoms with Gasteiger partial charge in [-0.05, 0) is 114 Å². The topological polar surface area (TPSA) is 0 Å². The molecule has 0 heteroatoms. The first-order valence-electron chi connectivity index (χ1n) is 15.7. The van der Waals surface area contributed by atoms with Crippen molar-refractivity contribution in [2.24, 2.45) is 16.7 Å². The lowest BCUT2D eigenvalue weighted by Gasteiger charge is -2.34. The molecule has 0 amide bonds. The Bertz CT molecular complexity index is 1160. The highest BCUT2D eigenvalue weighted by Gasteiger charge is 2.27. The summed E-state index contributed by atoms with van der Waals surface area (Å²) in [5.74, 6) is 7.16. The standard InChI is InChI=1S/C40H58/c1-31(19-13-21-33(3)25-27-37-35(5)23-15-29-39(37,7)8)17-11-12-18-32(2)20-14-22-34(4)26-28-38-36(6)24-16-30-40(38,9)10/h11-13,17-19,25-26,28,34H,15-16,21-24,27,29-30H2,1-10H3/b12-11-,19-13-,28-26+,31-17-,32-18+,33-25+. The Morgan fingerprint density at radius 2 is 1.55 bits per heavy atom. The zero-order chi connectivity index (χ0) is 29.8. The number of hydrogen-bond acceptors (Lipinski definition) is 0. The molecule has 0 aromatic heterocycles. The highest BCUT2D eigenvalue weighted by molar-refractivity contribution is 5.34. The van der Waals surface area contributed by atoms with Gasteiger partial charge in [0.25, 0.3) is 0 Å². The van der Waals surface area contributed by atoms with Crippen LogP contribution >= 0.6 is 0 Å². The van der Waals surface area contributed by atoms with Crippen LogP contribution in [0.1, 0.15) is 127 Å². The van der Waals surface area contributed by atoms with Crippen molar-refractivity contribution in [1.82, 2.24) is 0 Å². The molecule has 2 aliphatic rings. The zero-order valence-electron chi connectivity index (χ0n) is 27.6. The molecule has 0 aromatic rings. The largest absolute Gasteiger partial charge is 0.0976 e. The SMILES string of the molecule is CC1=C(/C=C/C(C)CC#C/C(C)=C/C=C\C=C(C)/C=C\C/C(C)=C/CC2=C(C)CCCC2(C)C)C(C)(C)CCC1. The second-order valence-corrected chi connectivity index (χ2v) is 13.8. The smallest absolute Gasteiger partial charge is 0.0153 e. The lowest BCUT2D eigenvalue weighted by Crippen LogP contribution is -2.20. The molecule has 0 saturated carbocycles. The van der Waals surface area contributed by atoms with Gasteiger partial charge in [-0.15, -0.1) is 0 Å². The van der Waals surface area contributed by atoms with Gasteiger partial charge in [-0.25, -0.2) is 0 Å². The molecule has 0 radical (unpaired) electrons. The fourth-order valence-electron chi connectivity index (χ4n) is 6.11. The summed E-state index contributed by atoms with van der Waals surface area (Å²) in [5, 5.41) is 0. The first kappa shape index (κ1) is 33.7. The average Bonchev–Trinajstić information content (AvgIpc) is 2.85. The Morgan fingerprint density at radius 1 is 0.900 bits per heavy atom. The first-order valence-corrected chi connectivity index (χ1v) is 15.7. The van der Waals surface area contributed by atoms with Gasteiger partial charge in [0, 0.05) is 6.42 Å². The van der Waals surface area contributed by atoms with E-state index in [1.54, 1.807) is 16.7 Å². The molecule has 0 aromatic carbocycles. The van der Waals surface area contributed by atoms with Crippen LogP contribution in [0.2, 0.25) is 0 Å². The molecule has 2 aliphatic carbocycles. The van der Waals surface area contributed by atoms with Crippen molar-refractivity contribution < 1.29 is 0 Å². The molecule has 0 fully saturated rings. The Balaban J connectivity index is 1.80. The Hall–Kier alpha value is -2.52. The average molecular weight is 539 g/mol. The Labute approximate surface area is 248 Å². The van der Waals surface area contributed by atoms with E-state index in [1.165, 1.54) is 55.2 Å². The van der Waals surface area contributed by atoms with E-state index in [-0.39, 0.29) is 0 Å². The summed E-state index contributed by atoms with van der Waals surface area (Å²) < 4.78 is 0. The van der Waals surface area contributed by atoms with Crippen LogP contribution in [0.3, 0.4) is 0 Å². The molecule has 40 heavy (non-hydrogen) atoms. The molecule has 1 atom stereocenters. The second-order valence-electron chi connectivity index (χ2n) is 13.8. The monoisotopic (exact) mass is 538 g/mol. The summed E-state index contributed by atoms with van der Waals surface area (Å²) in [6, 6.07) is 0. The van der Waals surface area contributed by atoms with Crippen LogP contribution in [0.15, 0.2) is 93.7 Å². The van der Waals surface area contributed by atoms with Crippen LogP contribution in [-0.2, 0) is 0 Å². The van der Waals surface area contributed by atoms with Crippen LogP contribution in [0.4, 0.5) is 0 Å². The van der Waals surface area contributed by atoms with E-state index in [0.29, 0.717) is 16.7 Å². The van der Waals surface area contributed by atoms with E-state index in [2.05, 4.69) is 136 Å². The maximum atomic E-state index is 3.38. The normalized spacial score (nSPS) is 21.5. The summed E-state index contributed by atoms with van der Waals surface area (Å²) in [6.07, 6.45) is 31.0. The molecule has 0 saturated heterocycles. The summed E-state index contributed by atoms with van der Waals surface area (Å²) in [4.78, 5) is 0. The van der Waals surface area contributed by atoms with Crippen molar-refractivity contribution in [3.8, 4) is 11.8 Å². The van der Waals surface area contributed by atoms with Gasteiger partial charge in [0.1, 0.15) is 0 Å². The lowest BCUT2D eigenvalue weighted by molar-refractivity contribution is 0.360. The molecule has 0 spiro atoms. The summed E-state index contributed by atoms with van der Waals surface area (Å²) >= 11 is 0. The maximum Gasteiger partial charge on any atom is 0.0153 e. The van der Waals surface area contributed by atoms with Gasteiger partial charge in [-0.3, -0.25) is 0 Å². The van der Waals surface area contributed by atoms with Crippen LogP contribution in [0.5, 0.6) is 0 Å². The molecule has 0 nitrogen and oxygen atoms in total. The third kappa shape index (κ3) is 11.5. The second kappa shape index (κ2) is 16.1. The minimum Gasteiger partial charge on any atom is -0.0976 e. The fourth-order valence-corrected chi connectivity index (χ4v) is 6.11. The Kier molecular flexibility index (Phi) is 13.5. The highest BCUT2D eigenvalue weighted by Crippen LogP contribution is 2.42. The van der Waals surface area contributed by atoms with Crippen LogP contribution in [0.25, 0.3) is 0 Å². The van der Waals surface area contributed by atoms with Gasteiger partial charge in [0.2, 0.25) is 0 Å². The molecule has 218 valence electrons. The van der Waals surface area contributed by atoms with Crippen molar-refractivity contribution in [2.75, 3.05) is 0 Å². The molecule has 1 unspecified atom stereocenters. The third-order valence-corrected chi connectivity index (χ3v) is 8.82. The lowest BCUT2D eigenvalue weighted by atomic mass is 9.71. The van der Waals surface area contributed by atoms with E-state index in [4.69, 9.17) is 0 Å². The van der Waals surface area contributed by atoms with Crippen LogP contribution in [-0.4, -0.2) is 0 Å². The highest BCUT2D eigenvalue weighted by atomic mass is 14.3. The first-order chi connectivity index (χ1) is 18.8. The maximum absolute atomic E-state index is 3.38. The van der Waals surface area contributed by atoms with Gasteiger partial charge >= 0.3 is 0 Å². The van der Waals surface area contributed by atoms with Crippen LogP contribution in [0, 0.1) is 28.6 Å². The quantitative estimate of drug-likeness (QED) is 0.147. The third-order valence-electron chi connectivity index (χ3n) is 8.82. The van der Waals surface area contributed by atoms with Crippen molar-refractivity contribution >= 4 is 0 Å². The summed E-state index contributed by atoms with van der Waals surface area (Å²) in [6.45, 7) is 23.0. The Morgan fingerprint density at radius 3 is 2.23 bits per heavy atom. The minimum absolute atomic E-state index is 0.303. The van der Waals surface area contributed by atoms with Crippen molar-refractivity contribution in [1.29, 1.82) is 0 Å². The van der Waals surface area contributed by atoms with E-state index in [9.17, 15) is 0 Å². The summed E-state index contributed by atoms with van der Waals surface area (Å²) in [7, 11) is 0. The fraction of sp³-hybridized carbons (Fsp3) is 0.550. The molecular weight excluding hydrogens is 480 g/mol. The van der Waals surface area contributed by atoms with Gasteiger partial charge < -0.3 is 0 Å². The van der Waals surface area contributed by atoms with Crippen molar-refractivity contribution in [3.05, 3.63) is 93.7 Å².